The highest BCUT2D eigenvalue weighted by Gasteiger charge is 2.26. The molecule has 0 spiro atoms. The third-order valence-corrected chi connectivity index (χ3v) is 5.83. The number of alkyl halides is 1. The van der Waals surface area contributed by atoms with Crippen LogP contribution in [0.4, 0.5) is 4.39 Å². The number of hydrogen-bond donors (Lipinski definition) is 0. The molecule has 1 heterocycles. The molecule has 2 atom stereocenters. The van der Waals surface area contributed by atoms with E-state index in [4.69, 9.17) is 16.3 Å². The second kappa shape index (κ2) is 8.41. The van der Waals surface area contributed by atoms with Crippen molar-refractivity contribution in [1.29, 1.82) is 0 Å². The van der Waals surface area contributed by atoms with Gasteiger partial charge >= 0.3 is 0 Å². The van der Waals surface area contributed by atoms with Gasteiger partial charge in [0.25, 0.3) is 0 Å². The Bertz CT molecular complexity index is 754. The molecule has 1 fully saturated rings. The molecule has 0 bridgehead atoms. The SMILES string of the molecule is COc1ccc(F)c(-c2ccc(CCl)cc2CN2[C@H](C)CCC[C@@H]2C)c1. The Morgan fingerprint density at radius 2 is 1.81 bits per heavy atom. The van der Waals surface area contributed by atoms with Gasteiger partial charge in [0.15, 0.2) is 0 Å². The van der Waals surface area contributed by atoms with Crippen LogP contribution in [-0.2, 0) is 12.4 Å². The first kappa shape index (κ1) is 19.2. The fraction of sp³-hybridized carbons (Fsp3) is 0.455. The number of piperidine rings is 1. The molecule has 0 aliphatic carbocycles. The van der Waals surface area contributed by atoms with Crippen LogP contribution in [0.1, 0.15) is 44.2 Å². The summed E-state index contributed by atoms with van der Waals surface area (Å²) in [6.07, 6.45) is 3.70. The first-order valence-corrected chi connectivity index (χ1v) is 9.84. The highest BCUT2D eigenvalue weighted by molar-refractivity contribution is 6.17. The number of benzene rings is 2. The topological polar surface area (TPSA) is 12.5 Å². The first-order valence-electron chi connectivity index (χ1n) is 9.31. The minimum atomic E-state index is -0.231. The molecule has 2 aromatic carbocycles. The lowest BCUT2D eigenvalue weighted by Gasteiger charge is -2.39. The van der Waals surface area contributed by atoms with Gasteiger partial charge in [-0.3, -0.25) is 4.90 Å². The Labute approximate surface area is 160 Å². The maximum atomic E-state index is 14.6. The van der Waals surface area contributed by atoms with Crippen molar-refractivity contribution in [3.63, 3.8) is 0 Å². The van der Waals surface area contributed by atoms with Gasteiger partial charge in [-0.25, -0.2) is 4.39 Å². The predicted molar refractivity (Wildman–Crippen MR) is 106 cm³/mol. The number of likely N-dealkylation sites (tertiary alicyclic amines) is 1. The summed E-state index contributed by atoms with van der Waals surface area (Å²) in [5.74, 6) is 0.887. The van der Waals surface area contributed by atoms with Crippen LogP contribution in [0.2, 0.25) is 0 Å². The zero-order valence-corrected chi connectivity index (χ0v) is 16.5. The summed E-state index contributed by atoms with van der Waals surface area (Å²) in [7, 11) is 1.60. The van der Waals surface area contributed by atoms with Crippen LogP contribution >= 0.6 is 11.6 Å². The van der Waals surface area contributed by atoms with Crippen LogP contribution in [0, 0.1) is 5.82 Å². The van der Waals surface area contributed by atoms with Crippen molar-refractivity contribution < 1.29 is 9.13 Å². The molecule has 0 amide bonds. The fourth-order valence-electron chi connectivity index (χ4n) is 3.94. The number of ether oxygens (including phenoxy) is 1. The average molecular weight is 376 g/mol. The van der Waals surface area contributed by atoms with Crippen molar-refractivity contribution in [3.8, 4) is 16.9 Å². The molecule has 0 saturated carbocycles. The highest BCUT2D eigenvalue weighted by atomic mass is 35.5. The van der Waals surface area contributed by atoms with E-state index in [9.17, 15) is 4.39 Å². The van der Waals surface area contributed by atoms with E-state index in [1.807, 2.05) is 12.1 Å². The van der Waals surface area contributed by atoms with Gasteiger partial charge in [0.2, 0.25) is 0 Å². The largest absolute Gasteiger partial charge is 0.497 e. The molecule has 1 aliphatic heterocycles. The van der Waals surface area contributed by atoms with Gasteiger partial charge in [-0.1, -0.05) is 24.6 Å². The first-order chi connectivity index (χ1) is 12.5. The number of hydrogen-bond acceptors (Lipinski definition) is 2. The molecular formula is C22H27ClFNO. The summed E-state index contributed by atoms with van der Waals surface area (Å²) in [5.41, 5.74) is 3.68. The van der Waals surface area contributed by atoms with Crippen LogP contribution in [0.25, 0.3) is 11.1 Å². The van der Waals surface area contributed by atoms with E-state index in [-0.39, 0.29) is 5.82 Å². The van der Waals surface area contributed by atoms with Crippen LogP contribution in [0.3, 0.4) is 0 Å². The van der Waals surface area contributed by atoms with E-state index in [0.29, 0.717) is 29.3 Å². The molecule has 0 radical (unpaired) electrons. The quantitative estimate of drug-likeness (QED) is 0.594. The van der Waals surface area contributed by atoms with E-state index < -0.39 is 0 Å². The summed E-state index contributed by atoms with van der Waals surface area (Å²) in [4.78, 5) is 2.53. The Kier molecular flexibility index (Phi) is 6.20. The maximum Gasteiger partial charge on any atom is 0.131 e. The summed E-state index contributed by atoms with van der Waals surface area (Å²) >= 11 is 6.07. The number of rotatable bonds is 5. The van der Waals surface area contributed by atoms with Crippen molar-refractivity contribution in [2.24, 2.45) is 0 Å². The van der Waals surface area contributed by atoms with Crippen molar-refractivity contribution in [3.05, 3.63) is 53.3 Å². The van der Waals surface area contributed by atoms with Gasteiger partial charge in [-0.2, -0.15) is 0 Å². The van der Waals surface area contributed by atoms with Crippen LogP contribution in [-0.4, -0.2) is 24.1 Å². The maximum absolute atomic E-state index is 14.6. The van der Waals surface area contributed by atoms with Crippen molar-refractivity contribution in [2.75, 3.05) is 7.11 Å². The van der Waals surface area contributed by atoms with Crippen LogP contribution in [0.15, 0.2) is 36.4 Å². The highest BCUT2D eigenvalue weighted by Crippen LogP contribution is 2.33. The van der Waals surface area contributed by atoms with Gasteiger partial charge in [0.1, 0.15) is 11.6 Å². The van der Waals surface area contributed by atoms with E-state index in [1.54, 1.807) is 19.2 Å². The third kappa shape index (κ3) is 4.05. The van der Waals surface area contributed by atoms with E-state index in [1.165, 1.54) is 25.3 Å². The molecule has 26 heavy (non-hydrogen) atoms. The molecule has 0 aromatic heterocycles. The summed E-state index contributed by atoms with van der Waals surface area (Å²) < 4.78 is 19.9. The van der Waals surface area contributed by atoms with Gasteiger partial charge in [0.05, 0.1) is 7.11 Å². The molecule has 1 aliphatic rings. The van der Waals surface area contributed by atoms with Gasteiger partial charge in [0, 0.05) is 30.1 Å². The number of halogens is 2. The van der Waals surface area contributed by atoms with Gasteiger partial charge < -0.3 is 4.74 Å². The zero-order chi connectivity index (χ0) is 18.7. The van der Waals surface area contributed by atoms with Crippen molar-refractivity contribution >= 4 is 11.6 Å². The second-order valence-corrected chi connectivity index (χ2v) is 7.54. The van der Waals surface area contributed by atoms with E-state index >= 15 is 0 Å². The van der Waals surface area contributed by atoms with Gasteiger partial charge in [-0.05, 0) is 61.6 Å². The van der Waals surface area contributed by atoms with E-state index in [2.05, 4.69) is 24.8 Å². The Balaban J connectivity index is 2.03. The standard InChI is InChI=1S/C22H27ClFNO/c1-15-5-4-6-16(2)25(15)14-18-11-17(13-23)7-9-20(18)21-12-19(26-3)8-10-22(21)24/h7-12,15-16H,4-6,13-14H2,1-3H3/t15-,16+. The minimum Gasteiger partial charge on any atom is -0.497 e. The zero-order valence-electron chi connectivity index (χ0n) is 15.8. The molecule has 3 rings (SSSR count). The molecule has 4 heteroatoms. The molecule has 2 nitrogen and oxygen atoms in total. The molecule has 2 aromatic rings. The van der Waals surface area contributed by atoms with Gasteiger partial charge in [-0.15, -0.1) is 11.6 Å². The lowest BCUT2D eigenvalue weighted by Crippen LogP contribution is -2.43. The Morgan fingerprint density at radius 1 is 1.08 bits per heavy atom. The predicted octanol–water partition coefficient (Wildman–Crippen LogP) is 6.00. The molecule has 140 valence electrons. The summed E-state index contributed by atoms with van der Waals surface area (Å²) in [5, 5.41) is 0. The third-order valence-electron chi connectivity index (χ3n) is 5.52. The van der Waals surface area contributed by atoms with Crippen molar-refractivity contribution in [2.45, 2.75) is 57.6 Å². The fourth-order valence-corrected chi connectivity index (χ4v) is 4.11. The minimum absolute atomic E-state index is 0.231. The Hall–Kier alpha value is -1.58. The molecule has 1 saturated heterocycles. The second-order valence-electron chi connectivity index (χ2n) is 7.27. The van der Waals surface area contributed by atoms with Crippen LogP contribution in [0.5, 0.6) is 5.75 Å². The Morgan fingerprint density at radius 3 is 2.46 bits per heavy atom. The van der Waals surface area contributed by atoms with Crippen LogP contribution < -0.4 is 4.74 Å². The number of methoxy groups -OCH3 is 1. The normalized spacial score (nSPS) is 21.0. The number of nitrogens with zero attached hydrogens (tertiary/aromatic N) is 1. The molecular weight excluding hydrogens is 349 g/mol. The lowest BCUT2D eigenvalue weighted by atomic mass is 9.93. The average Bonchev–Trinajstić information content (AvgIpc) is 2.65. The lowest BCUT2D eigenvalue weighted by molar-refractivity contribution is 0.0954. The smallest absolute Gasteiger partial charge is 0.131 e. The molecule has 0 N–H and O–H groups in total. The van der Waals surface area contributed by atoms with Crippen molar-refractivity contribution in [1.82, 2.24) is 4.90 Å². The molecule has 0 unspecified atom stereocenters. The van der Waals surface area contributed by atoms with E-state index in [0.717, 1.165) is 23.2 Å². The summed E-state index contributed by atoms with van der Waals surface area (Å²) in [6, 6.07) is 12.0. The summed E-state index contributed by atoms with van der Waals surface area (Å²) in [6.45, 7) is 5.37. The monoisotopic (exact) mass is 375 g/mol.